The number of anilines is 2. The number of nitrogens with zero attached hydrogens (tertiary/aromatic N) is 1. The highest BCUT2D eigenvalue weighted by atomic mass is 19.1. The van der Waals surface area contributed by atoms with Crippen LogP contribution in [0.5, 0.6) is 0 Å². The molecule has 2 N–H and O–H groups in total. The van der Waals surface area contributed by atoms with Crippen molar-refractivity contribution >= 4 is 17.3 Å². The summed E-state index contributed by atoms with van der Waals surface area (Å²) in [7, 11) is 1.64. The molecule has 0 aliphatic carbocycles. The van der Waals surface area contributed by atoms with Gasteiger partial charge >= 0.3 is 0 Å². The van der Waals surface area contributed by atoms with Gasteiger partial charge in [0.1, 0.15) is 5.82 Å². The Kier molecular flexibility index (Phi) is 3.51. The van der Waals surface area contributed by atoms with E-state index in [1.165, 1.54) is 23.1 Å². The molecule has 0 aliphatic rings. The van der Waals surface area contributed by atoms with Crippen molar-refractivity contribution in [2.75, 3.05) is 17.7 Å². The first-order valence-corrected chi connectivity index (χ1v) is 5.89. The van der Waals surface area contributed by atoms with Crippen molar-refractivity contribution in [1.29, 1.82) is 0 Å². The summed E-state index contributed by atoms with van der Waals surface area (Å²) in [5.41, 5.74) is 7.45. The molecule has 0 radical (unpaired) electrons. The van der Waals surface area contributed by atoms with Gasteiger partial charge in [-0.3, -0.25) is 4.79 Å². The third-order valence-electron chi connectivity index (χ3n) is 2.98. The number of amides is 1. The fourth-order valence-corrected chi connectivity index (χ4v) is 1.86. The molecule has 0 saturated carbocycles. The quantitative estimate of drug-likeness (QED) is 0.842. The zero-order chi connectivity index (χ0) is 14.0. The zero-order valence-electron chi connectivity index (χ0n) is 10.9. The molecule has 0 unspecified atom stereocenters. The molecule has 0 heterocycles. The van der Waals surface area contributed by atoms with Gasteiger partial charge in [0.25, 0.3) is 5.91 Å². The molecule has 2 aromatic carbocycles. The van der Waals surface area contributed by atoms with Gasteiger partial charge in [-0.1, -0.05) is 18.2 Å². The molecule has 4 heteroatoms. The Balaban J connectivity index is 2.36. The normalized spacial score (nSPS) is 10.3. The van der Waals surface area contributed by atoms with Crippen LogP contribution in [0.2, 0.25) is 0 Å². The number of rotatable bonds is 2. The molecule has 0 aliphatic heterocycles. The van der Waals surface area contributed by atoms with Gasteiger partial charge in [0.05, 0.1) is 11.3 Å². The number of halogens is 1. The summed E-state index contributed by atoms with van der Waals surface area (Å²) in [5, 5.41) is 0. The standard InChI is InChI=1S/C15H15FN2O/c1-10-5-3-6-11(9-10)18(2)15(19)12-7-4-8-13(16)14(12)17/h3-9H,17H2,1-2H3. The van der Waals surface area contributed by atoms with Crippen molar-refractivity contribution in [2.24, 2.45) is 0 Å². The summed E-state index contributed by atoms with van der Waals surface area (Å²) in [6.45, 7) is 1.94. The highest BCUT2D eigenvalue weighted by Crippen LogP contribution is 2.21. The minimum Gasteiger partial charge on any atom is -0.396 e. The molecule has 0 saturated heterocycles. The van der Waals surface area contributed by atoms with Gasteiger partial charge in [-0.2, -0.15) is 0 Å². The molecule has 2 rings (SSSR count). The smallest absolute Gasteiger partial charge is 0.260 e. The lowest BCUT2D eigenvalue weighted by atomic mass is 10.1. The number of hydrogen-bond acceptors (Lipinski definition) is 2. The Labute approximate surface area is 111 Å². The van der Waals surface area contributed by atoms with Crippen LogP contribution in [-0.4, -0.2) is 13.0 Å². The SMILES string of the molecule is Cc1cccc(N(C)C(=O)c2cccc(F)c2N)c1. The van der Waals surface area contributed by atoms with Gasteiger partial charge in [0.15, 0.2) is 0 Å². The van der Waals surface area contributed by atoms with E-state index in [4.69, 9.17) is 5.73 Å². The van der Waals surface area contributed by atoms with Crippen LogP contribution in [-0.2, 0) is 0 Å². The predicted molar refractivity (Wildman–Crippen MR) is 74.7 cm³/mol. The highest BCUT2D eigenvalue weighted by molar-refractivity contribution is 6.09. The molecule has 0 aromatic heterocycles. The van der Waals surface area contributed by atoms with Gasteiger partial charge in [0.2, 0.25) is 0 Å². The molecule has 1 amide bonds. The highest BCUT2D eigenvalue weighted by Gasteiger charge is 2.17. The first-order chi connectivity index (χ1) is 9.00. The van der Waals surface area contributed by atoms with E-state index in [0.717, 1.165) is 11.3 Å². The first kappa shape index (κ1) is 13.1. The minimum atomic E-state index is -0.580. The summed E-state index contributed by atoms with van der Waals surface area (Å²) in [6, 6.07) is 11.7. The van der Waals surface area contributed by atoms with Crippen LogP contribution < -0.4 is 10.6 Å². The van der Waals surface area contributed by atoms with E-state index < -0.39 is 5.82 Å². The Morgan fingerprint density at radius 2 is 1.89 bits per heavy atom. The van der Waals surface area contributed by atoms with E-state index in [2.05, 4.69) is 0 Å². The number of hydrogen-bond donors (Lipinski definition) is 1. The van der Waals surface area contributed by atoms with Gasteiger partial charge in [0, 0.05) is 12.7 Å². The Morgan fingerprint density at radius 1 is 1.21 bits per heavy atom. The Morgan fingerprint density at radius 3 is 2.58 bits per heavy atom. The Bertz CT molecular complexity index is 625. The van der Waals surface area contributed by atoms with E-state index in [1.807, 2.05) is 31.2 Å². The largest absolute Gasteiger partial charge is 0.396 e. The van der Waals surface area contributed by atoms with Crippen molar-refractivity contribution in [3.05, 3.63) is 59.4 Å². The summed E-state index contributed by atoms with van der Waals surface area (Å²) in [5.74, 6) is -0.911. The minimum absolute atomic E-state index is 0.119. The molecule has 3 nitrogen and oxygen atoms in total. The lowest BCUT2D eigenvalue weighted by Crippen LogP contribution is -2.27. The van der Waals surface area contributed by atoms with Crippen LogP contribution in [0.25, 0.3) is 0 Å². The molecule has 0 spiro atoms. The van der Waals surface area contributed by atoms with Crippen LogP contribution in [0.4, 0.5) is 15.8 Å². The number of para-hydroxylation sites is 1. The number of nitrogen functional groups attached to an aromatic ring is 1. The van der Waals surface area contributed by atoms with Crippen LogP contribution >= 0.6 is 0 Å². The summed E-state index contributed by atoms with van der Waals surface area (Å²) in [6.07, 6.45) is 0. The van der Waals surface area contributed by atoms with Crippen molar-refractivity contribution in [1.82, 2.24) is 0 Å². The van der Waals surface area contributed by atoms with Crippen LogP contribution in [0.15, 0.2) is 42.5 Å². The number of benzene rings is 2. The molecule has 19 heavy (non-hydrogen) atoms. The fraction of sp³-hybridized carbons (Fsp3) is 0.133. The monoisotopic (exact) mass is 258 g/mol. The molecule has 2 aromatic rings. The first-order valence-electron chi connectivity index (χ1n) is 5.89. The van der Waals surface area contributed by atoms with Gasteiger partial charge in [-0.05, 0) is 36.8 Å². The average Bonchev–Trinajstić information content (AvgIpc) is 2.40. The van der Waals surface area contributed by atoms with E-state index in [1.54, 1.807) is 7.05 Å². The van der Waals surface area contributed by atoms with Gasteiger partial charge in [-0.25, -0.2) is 4.39 Å². The van der Waals surface area contributed by atoms with Crippen molar-refractivity contribution in [3.63, 3.8) is 0 Å². The maximum absolute atomic E-state index is 13.4. The number of aryl methyl sites for hydroxylation is 1. The average molecular weight is 258 g/mol. The van der Waals surface area contributed by atoms with E-state index >= 15 is 0 Å². The molecule has 0 fully saturated rings. The number of carbonyl (C=O) groups excluding carboxylic acids is 1. The summed E-state index contributed by atoms with van der Waals surface area (Å²) in [4.78, 5) is 13.8. The summed E-state index contributed by atoms with van der Waals surface area (Å²) < 4.78 is 13.4. The van der Waals surface area contributed by atoms with Crippen molar-refractivity contribution in [3.8, 4) is 0 Å². The van der Waals surface area contributed by atoms with Crippen LogP contribution in [0, 0.1) is 12.7 Å². The fourth-order valence-electron chi connectivity index (χ4n) is 1.86. The van der Waals surface area contributed by atoms with Crippen molar-refractivity contribution in [2.45, 2.75) is 6.92 Å². The zero-order valence-corrected chi connectivity index (χ0v) is 10.9. The number of carbonyl (C=O) groups is 1. The van der Waals surface area contributed by atoms with Crippen LogP contribution in [0.3, 0.4) is 0 Å². The number of nitrogens with two attached hydrogens (primary N) is 1. The third kappa shape index (κ3) is 2.57. The second-order valence-electron chi connectivity index (χ2n) is 4.40. The Hall–Kier alpha value is -2.36. The van der Waals surface area contributed by atoms with E-state index in [-0.39, 0.29) is 17.2 Å². The molecule has 0 atom stereocenters. The van der Waals surface area contributed by atoms with Crippen molar-refractivity contribution < 1.29 is 9.18 Å². The predicted octanol–water partition coefficient (Wildman–Crippen LogP) is 2.99. The molecule has 0 bridgehead atoms. The van der Waals surface area contributed by atoms with Gasteiger partial charge in [-0.15, -0.1) is 0 Å². The molecule has 98 valence electrons. The maximum Gasteiger partial charge on any atom is 0.260 e. The lowest BCUT2D eigenvalue weighted by molar-refractivity contribution is 0.0993. The topological polar surface area (TPSA) is 46.3 Å². The van der Waals surface area contributed by atoms with E-state index in [0.29, 0.717) is 0 Å². The lowest BCUT2D eigenvalue weighted by Gasteiger charge is -2.19. The van der Waals surface area contributed by atoms with E-state index in [9.17, 15) is 9.18 Å². The second-order valence-corrected chi connectivity index (χ2v) is 4.40. The maximum atomic E-state index is 13.4. The molecular formula is C15H15FN2O. The van der Waals surface area contributed by atoms with Crippen LogP contribution in [0.1, 0.15) is 15.9 Å². The second kappa shape index (κ2) is 5.10. The third-order valence-corrected chi connectivity index (χ3v) is 2.98. The molecular weight excluding hydrogens is 243 g/mol. The van der Waals surface area contributed by atoms with Gasteiger partial charge < -0.3 is 10.6 Å². The summed E-state index contributed by atoms with van der Waals surface area (Å²) >= 11 is 0.